The van der Waals surface area contributed by atoms with Crippen molar-refractivity contribution in [1.82, 2.24) is 4.90 Å². The van der Waals surface area contributed by atoms with E-state index in [2.05, 4.69) is 0 Å². The van der Waals surface area contributed by atoms with Crippen molar-refractivity contribution in [3.8, 4) is 0 Å². The third-order valence-electron chi connectivity index (χ3n) is 1.71. The molecule has 1 amide bonds. The van der Waals surface area contributed by atoms with Gasteiger partial charge in [-0.2, -0.15) is 0 Å². The van der Waals surface area contributed by atoms with Crippen LogP contribution >= 0.6 is 0 Å². The van der Waals surface area contributed by atoms with Gasteiger partial charge < -0.3 is 9.64 Å². The lowest BCUT2D eigenvalue weighted by atomic mass is 10.2. The molecule has 15 heavy (non-hydrogen) atoms. The maximum atomic E-state index is 12.7. The lowest BCUT2D eigenvalue weighted by molar-refractivity contribution is 0.112. The minimum atomic E-state index is -0.951. The molecule has 0 radical (unpaired) electrons. The summed E-state index contributed by atoms with van der Waals surface area (Å²) in [7, 11) is 3.07. The van der Waals surface area contributed by atoms with Gasteiger partial charge in [0.15, 0.2) is 11.6 Å². The molecule has 1 aromatic rings. The third kappa shape index (κ3) is 3.19. The molecule has 0 saturated carbocycles. The predicted octanol–water partition coefficient (Wildman–Crippen LogP) is 2.16. The van der Waals surface area contributed by atoms with Crippen LogP contribution < -0.4 is 0 Å². The van der Waals surface area contributed by atoms with Crippen LogP contribution in [0.25, 0.3) is 0 Å². The average molecular weight is 215 g/mol. The maximum Gasteiger partial charge on any atom is 0.409 e. The number of hydrogen-bond acceptors (Lipinski definition) is 2. The summed E-state index contributed by atoms with van der Waals surface area (Å²) in [6.07, 6.45) is -0.528. The second-order valence-corrected chi connectivity index (χ2v) is 3.20. The first kappa shape index (κ1) is 11.4. The van der Waals surface area contributed by atoms with Crippen LogP contribution in [0.2, 0.25) is 0 Å². The summed E-state index contributed by atoms with van der Waals surface area (Å²) < 4.78 is 30.1. The Morgan fingerprint density at radius 3 is 2.53 bits per heavy atom. The zero-order valence-electron chi connectivity index (χ0n) is 8.46. The minimum absolute atomic E-state index is 0.0752. The highest BCUT2D eigenvalue weighted by molar-refractivity contribution is 5.66. The molecule has 0 fully saturated rings. The molecule has 82 valence electrons. The topological polar surface area (TPSA) is 29.5 Å². The van der Waals surface area contributed by atoms with E-state index in [1.807, 2.05) is 0 Å². The standard InChI is InChI=1S/C10H11F2NO2/c1-13(2)10(14)15-6-7-3-4-8(11)9(12)5-7/h3-5H,6H2,1-2H3. The molecule has 5 heteroatoms. The molecule has 0 spiro atoms. The van der Waals surface area contributed by atoms with Crippen molar-refractivity contribution in [1.29, 1.82) is 0 Å². The zero-order chi connectivity index (χ0) is 11.4. The van der Waals surface area contributed by atoms with E-state index < -0.39 is 17.7 Å². The Kier molecular flexibility index (Phi) is 3.60. The fourth-order valence-corrected chi connectivity index (χ4v) is 0.904. The number of rotatable bonds is 2. The van der Waals surface area contributed by atoms with Gasteiger partial charge in [0, 0.05) is 14.1 Å². The van der Waals surface area contributed by atoms with Gasteiger partial charge in [-0.1, -0.05) is 6.07 Å². The Labute approximate surface area is 86.3 Å². The molecule has 0 aliphatic carbocycles. The third-order valence-corrected chi connectivity index (χ3v) is 1.71. The van der Waals surface area contributed by atoms with Crippen LogP contribution in [-0.4, -0.2) is 25.1 Å². The van der Waals surface area contributed by atoms with Crippen molar-refractivity contribution in [2.45, 2.75) is 6.61 Å². The largest absolute Gasteiger partial charge is 0.445 e. The van der Waals surface area contributed by atoms with Gasteiger partial charge >= 0.3 is 6.09 Å². The van der Waals surface area contributed by atoms with Gasteiger partial charge in [-0.25, -0.2) is 13.6 Å². The number of nitrogens with zero attached hydrogens (tertiary/aromatic N) is 1. The van der Waals surface area contributed by atoms with E-state index in [-0.39, 0.29) is 6.61 Å². The van der Waals surface area contributed by atoms with Crippen LogP contribution in [0, 0.1) is 11.6 Å². The highest BCUT2D eigenvalue weighted by atomic mass is 19.2. The molecular formula is C10H11F2NO2. The summed E-state index contributed by atoms with van der Waals surface area (Å²) in [5.74, 6) is -1.87. The molecule has 0 saturated heterocycles. The van der Waals surface area contributed by atoms with Crippen molar-refractivity contribution < 1.29 is 18.3 Å². The van der Waals surface area contributed by atoms with Crippen LogP contribution in [0.15, 0.2) is 18.2 Å². The van der Waals surface area contributed by atoms with E-state index in [0.717, 1.165) is 12.1 Å². The first-order chi connectivity index (χ1) is 7.00. The van der Waals surface area contributed by atoms with E-state index in [9.17, 15) is 13.6 Å². The minimum Gasteiger partial charge on any atom is -0.445 e. The normalized spacial score (nSPS) is 9.87. The molecule has 0 unspecified atom stereocenters. The Balaban J connectivity index is 2.58. The van der Waals surface area contributed by atoms with Gasteiger partial charge in [-0.15, -0.1) is 0 Å². The lowest BCUT2D eigenvalue weighted by Crippen LogP contribution is -2.22. The average Bonchev–Trinajstić information content (AvgIpc) is 2.19. The second-order valence-electron chi connectivity index (χ2n) is 3.20. The van der Waals surface area contributed by atoms with Crippen molar-refractivity contribution in [3.05, 3.63) is 35.4 Å². The van der Waals surface area contributed by atoms with Crippen LogP contribution in [-0.2, 0) is 11.3 Å². The Hall–Kier alpha value is -1.65. The van der Waals surface area contributed by atoms with Crippen molar-refractivity contribution in [2.75, 3.05) is 14.1 Å². The maximum absolute atomic E-state index is 12.7. The van der Waals surface area contributed by atoms with Crippen LogP contribution in [0.3, 0.4) is 0 Å². The molecule has 0 heterocycles. The van der Waals surface area contributed by atoms with E-state index in [0.29, 0.717) is 5.56 Å². The SMILES string of the molecule is CN(C)C(=O)OCc1ccc(F)c(F)c1. The van der Waals surface area contributed by atoms with Gasteiger partial charge in [-0.3, -0.25) is 0 Å². The van der Waals surface area contributed by atoms with E-state index in [4.69, 9.17) is 4.74 Å². The molecule has 0 N–H and O–H groups in total. The monoisotopic (exact) mass is 215 g/mol. The summed E-state index contributed by atoms with van der Waals surface area (Å²) in [6.45, 7) is -0.0752. The van der Waals surface area contributed by atoms with Crippen LogP contribution in [0.1, 0.15) is 5.56 Å². The van der Waals surface area contributed by atoms with Gasteiger partial charge in [0.25, 0.3) is 0 Å². The number of ether oxygens (including phenoxy) is 1. The van der Waals surface area contributed by atoms with E-state index in [1.165, 1.54) is 25.1 Å². The van der Waals surface area contributed by atoms with Crippen molar-refractivity contribution >= 4 is 6.09 Å². The first-order valence-corrected chi connectivity index (χ1v) is 4.28. The number of hydrogen-bond donors (Lipinski definition) is 0. The molecule has 3 nitrogen and oxygen atoms in total. The summed E-state index contributed by atoms with van der Waals surface area (Å²) in [5.41, 5.74) is 0.407. The number of carbonyl (C=O) groups excluding carboxylic acids is 1. The van der Waals surface area contributed by atoms with Gasteiger partial charge in [0.1, 0.15) is 6.61 Å². The Morgan fingerprint density at radius 1 is 1.33 bits per heavy atom. The second kappa shape index (κ2) is 4.72. The Morgan fingerprint density at radius 2 is 2.00 bits per heavy atom. The molecule has 0 atom stereocenters. The van der Waals surface area contributed by atoms with Gasteiger partial charge in [0.05, 0.1) is 0 Å². The quantitative estimate of drug-likeness (QED) is 0.756. The molecule has 0 bridgehead atoms. The van der Waals surface area contributed by atoms with Crippen molar-refractivity contribution in [2.24, 2.45) is 0 Å². The van der Waals surface area contributed by atoms with Crippen LogP contribution in [0.5, 0.6) is 0 Å². The highest BCUT2D eigenvalue weighted by Gasteiger charge is 2.07. The molecule has 1 rings (SSSR count). The number of carbonyl (C=O) groups is 1. The number of benzene rings is 1. The zero-order valence-corrected chi connectivity index (χ0v) is 8.46. The summed E-state index contributed by atoms with van der Waals surface area (Å²) in [6, 6.07) is 3.35. The van der Waals surface area contributed by atoms with Gasteiger partial charge in [-0.05, 0) is 17.7 Å². The molecule has 0 aliphatic heterocycles. The predicted molar refractivity (Wildman–Crippen MR) is 50.2 cm³/mol. The molecule has 0 aliphatic rings. The lowest BCUT2D eigenvalue weighted by Gasteiger charge is -2.10. The number of halogens is 2. The molecular weight excluding hydrogens is 204 g/mol. The van der Waals surface area contributed by atoms with Crippen LogP contribution in [0.4, 0.5) is 13.6 Å². The smallest absolute Gasteiger partial charge is 0.409 e. The fourth-order valence-electron chi connectivity index (χ4n) is 0.904. The molecule has 1 aromatic carbocycles. The van der Waals surface area contributed by atoms with Gasteiger partial charge in [0.2, 0.25) is 0 Å². The number of amides is 1. The van der Waals surface area contributed by atoms with E-state index >= 15 is 0 Å². The van der Waals surface area contributed by atoms with Crippen molar-refractivity contribution in [3.63, 3.8) is 0 Å². The summed E-state index contributed by atoms with van der Waals surface area (Å²) in [5, 5.41) is 0. The first-order valence-electron chi connectivity index (χ1n) is 4.28. The molecule has 0 aromatic heterocycles. The summed E-state index contributed by atoms with van der Waals surface area (Å²) >= 11 is 0. The van der Waals surface area contributed by atoms with E-state index in [1.54, 1.807) is 0 Å². The fraction of sp³-hybridized carbons (Fsp3) is 0.300. The Bertz CT molecular complexity index is 366. The summed E-state index contributed by atoms with van der Waals surface area (Å²) in [4.78, 5) is 12.3. The highest BCUT2D eigenvalue weighted by Crippen LogP contribution is 2.09.